The highest BCUT2D eigenvalue weighted by atomic mass is 32.2. The molecule has 1 aromatic rings. The number of aromatic nitrogens is 4. The number of hydrogen-bond acceptors (Lipinski definition) is 12. The smallest absolute Gasteiger partial charge is 0.354 e. The maximum atomic E-state index is 12.8. The molecule has 162 valence electrons. The van der Waals surface area contributed by atoms with E-state index in [1.165, 1.54) is 40.2 Å². The Morgan fingerprint density at radius 2 is 2.03 bits per heavy atom. The minimum atomic E-state index is -1.15. The molecule has 4 rings (SSSR count). The zero-order valence-corrected chi connectivity index (χ0v) is 19.8. The summed E-state index contributed by atoms with van der Waals surface area (Å²) in [7, 11) is 0. The van der Waals surface area contributed by atoms with Crippen LogP contribution in [0.5, 0.6) is 0 Å². The van der Waals surface area contributed by atoms with E-state index in [2.05, 4.69) is 20.6 Å². The highest BCUT2D eigenvalue weighted by Crippen LogP contribution is 2.55. The molecule has 30 heavy (non-hydrogen) atoms. The van der Waals surface area contributed by atoms with Crippen molar-refractivity contribution < 1.29 is 24.2 Å². The maximum Gasteiger partial charge on any atom is 0.354 e. The molecule has 2 fully saturated rings. The molecule has 2 saturated heterocycles. The number of β-lactam (4-membered cyclic amide) rings is 1. The van der Waals surface area contributed by atoms with Crippen LogP contribution in [0.3, 0.4) is 0 Å². The average Bonchev–Trinajstić information content (AvgIpc) is 3.41. The van der Waals surface area contributed by atoms with Crippen LogP contribution >= 0.6 is 58.8 Å². The SMILES string of the molecule is CC(SC1=C(C(=O)O)N2C(=O)[C@H]([C@@H](C)OC(=O)C3SCCS3)[C@H]2S1)Sc1nnn[nH]1. The first kappa shape index (κ1) is 22.2. The number of aliphatic carboxylic acids is 1. The number of rotatable bonds is 8. The lowest BCUT2D eigenvalue weighted by Crippen LogP contribution is -2.61. The van der Waals surface area contributed by atoms with Gasteiger partial charge in [0.2, 0.25) is 11.1 Å². The third kappa shape index (κ3) is 4.31. The number of H-pyrrole nitrogens is 1. The van der Waals surface area contributed by atoms with E-state index >= 15 is 0 Å². The minimum Gasteiger partial charge on any atom is -0.477 e. The van der Waals surface area contributed by atoms with Gasteiger partial charge in [-0.05, 0) is 24.3 Å². The van der Waals surface area contributed by atoms with Crippen molar-refractivity contribution in [2.24, 2.45) is 5.92 Å². The van der Waals surface area contributed by atoms with Crippen LogP contribution in [0.25, 0.3) is 0 Å². The Morgan fingerprint density at radius 3 is 2.67 bits per heavy atom. The molecule has 0 radical (unpaired) electrons. The van der Waals surface area contributed by atoms with Crippen molar-refractivity contribution in [1.82, 2.24) is 25.5 Å². The molecule has 10 nitrogen and oxygen atoms in total. The summed E-state index contributed by atoms with van der Waals surface area (Å²) < 4.78 is 5.77. The Hall–Kier alpha value is -1.03. The third-order valence-electron chi connectivity index (χ3n) is 4.45. The molecular weight excluding hydrogens is 491 g/mol. The average molecular weight is 508 g/mol. The number of carboxylic acid groups (broad SMARTS) is 1. The van der Waals surface area contributed by atoms with E-state index in [1.807, 2.05) is 6.92 Å². The molecular formula is C15H17N5O5S5. The van der Waals surface area contributed by atoms with Crippen LogP contribution in [-0.2, 0) is 19.1 Å². The van der Waals surface area contributed by atoms with Crippen molar-refractivity contribution in [1.29, 1.82) is 0 Å². The Morgan fingerprint density at radius 1 is 1.30 bits per heavy atom. The molecule has 0 bridgehead atoms. The predicted molar refractivity (Wildman–Crippen MR) is 118 cm³/mol. The summed E-state index contributed by atoms with van der Waals surface area (Å²) in [5.74, 6) is -0.561. The number of esters is 1. The molecule has 0 aromatic carbocycles. The molecule has 1 unspecified atom stereocenters. The number of nitrogens with one attached hydrogen (secondary N) is 1. The second kappa shape index (κ2) is 9.22. The second-order valence-corrected chi connectivity index (χ2v) is 13.5. The first-order valence-electron chi connectivity index (χ1n) is 8.85. The van der Waals surface area contributed by atoms with Gasteiger partial charge in [-0.1, -0.05) is 23.5 Å². The normalized spacial score (nSPS) is 25.8. The molecule has 0 aliphatic carbocycles. The van der Waals surface area contributed by atoms with Gasteiger partial charge in [0.15, 0.2) is 5.70 Å². The number of carbonyl (C=O) groups excluding carboxylic acids is 2. The summed E-state index contributed by atoms with van der Waals surface area (Å²) in [5.41, 5.74) is -0.0141. The van der Waals surface area contributed by atoms with Gasteiger partial charge in [-0.3, -0.25) is 9.69 Å². The van der Waals surface area contributed by atoms with Gasteiger partial charge in [-0.15, -0.1) is 40.4 Å². The quantitative estimate of drug-likeness (QED) is 0.229. The number of ether oxygens (including phenoxy) is 1. The number of nitrogens with zero attached hydrogens (tertiary/aromatic N) is 4. The van der Waals surface area contributed by atoms with Gasteiger partial charge in [-0.2, -0.15) is 0 Å². The first-order chi connectivity index (χ1) is 14.4. The first-order valence-corrected chi connectivity index (χ1v) is 13.6. The van der Waals surface area contributed by atoms with E-state index in [0.717, 1.165) is 11.5 Å². The standard InChI is InChI=1S/C15H17N5O5S5/c1-5(25-12(24)14-26-3-4-27-14)7-9(21)20-8(11(22)23)13(30-10(7)20)28-6(2)29-15-16-18-19-17-15/h5-7,10,14H,3-4H2,1-2H3,(H,22,23)(H,16,17,18,19)/t5-,6?,7+,10-/m1/s1. The fraction of sp³-hybridized carbons (Fsp3) is 0.600. The van der Waals surface area contributed by atoms with Gasteiger partial charge in [0.25, 0.3) is 0 Å². The number of fused-ring (bicyclic) bond motifs is 1. The fourth-order valence-electron chi connectivity index (χ4n) is 3.16. The van der Waals surface area contributed by atoms with Crippen LogP contribution in [0.2, 0.25) is 0 Å². The summed E-state index contributed by atoms with van der Waals surface area (Å²) in [4.78, 5) is 38.2. The molecule has 1 amide bonds. The third-order valence-corrected chi connectivity index (χ3v) is 11.2. The van der Waals surface area contributed by atoms with Crippen molar-refractivity contribution in [3.8, 4) is 0 Å². The molecule has 0 spiro atoms. The minimum absolute atomic E-state index is 0.0141. The second-order valence-electron chi connectivity index (χ2n) is 6.41. The zero-order chi connectivity index (χ0) is 21.4. The van der Waals surface area contributed by atoms with Crippen molar-refractivity contribution in [2.45, 2.75) is 39.6 Å². The topological polar surface area (TPSA) is 138 Å². The Kier molecular flexibility index (Phi) is 6.82. The van der Waals surface area contributed by atoms with Crippen LogP contribution in [-0.4, -0.2) is 80.6 Å². The summed E-state index contributed by atoms with van der Waals surface area (Å²) in [6.07, 6.45) is -0.619. The van der Waals surface area contributed by atoms with Crippen LogP contribution in [0, 0.1) is 5.92 Å². The lowest BCUT2D eigenvalue weighted by molar-refractivity contribution is -0.165. The summed E-state index contributed by atoms with van der Waals surface area (Å²) in [6, 6.07) is 0. The highest BCUT2D eigenvalue weighted by Gasteiger charge is 2.59. The molecule has 0 saturated carbocycles. The molecule has 1 aromatic heterocycles. The zero-order valence-electron chi connectivity index (χ0n) is 15.7. The monoisotopic (exact) mass is 507 g/mol. The van der Waals surface area contributed by atoms with E-state index in [4.69, 9.17) is 4.74 Å². The van der Waals surface area contributed by atoms with Crippen molar-refractivity contribution in [3.63, 3.8) is 0 Å². The van der Waals surface area contributed by atoms with Crippen LogP contribution in [0.15, 0.2) is 15.1 Å². The van der Waals surface area contributed by atoms with Crippen molar-refractivity contribution in [3.05, 3.63) is 9.93 Å². The van der Waals surface area contributed by atoms with Gasteiger partial charge in [0, 0.05) is 11.5 Å². The number of thioether (sulfide) groups is 5. The number of carboxylic acids is 1. The number of hydrogen-bond donors (Lipinski definition) is 2. The maximum absolute atomic E-state index is 12.8. The Bertz CT molecular complexity index is 877. The van der Waals surface area contributed by atoms with Crippen molar-refractivity contribution >= 4 is 76.7 Å². The Labute approximate surface area is 192 Å². The number of aromatic amines is 1. The lowest BCUT2D eigenvalue weighted by Gasteiger charge is -2.44. The largest absolute Gasteiger partial charge is 0.477 e. The molecule has 2 N–H and O–H groups in total. The van der Waals surface area contributed by atoms with Gasteiger partial charge in [0.1, 0.15) is 22.0 Å². The highest BCUT2D eigenvalue weighted by molar-refractivity contribution is 8.28. The van der Waals surface area contributed by atoms with Crippen LogP contribution in [0.4, 0.5) is 0 Å². The van der Waals surface area contributed by atoms with Gasteiger partial charge < -0.3 is 9.84 Å². The fourth-order valence-corrected chi connectivity index (χ4v) is 10.00. The molecule has 4 atom stereocenters. The summed E-state index contributed by atoms with van der Waals surface area (Å²) in [5, 5.41) is 23.3. The van der Waals surface area contributed by atoms with E-state index in [1.54, 1.807) is 30.4 Å². The van der Waals surface area contributed by atoms with Crippen LogP contribution in [0.1, 0.15) is 13.8 Å². The van der Waals surface area contributed by atoms with Crippen LogP contribution < -0.4 is 0 Å². The molecule has 3 aliphatic heterocycles. The van der Waals surface area contributed by atoms with Gasteiger partial charge >= 0.3 is 11.9 Å². The predicted octanol–water partition coefficient (Wildman–Crippen LogP) is 1.89. The number of carbonyl (C=O) groups is 3. The van der Waals surface area contributed by atoms with Crippen molar-refractivity contribution in [2.75, 3.05) is 11.5 Å². The molecule has 3 aliphatic rings. The van der Waals surface area contributed by atoms with E-state index < -0.39 is 18.0 Å². The molecule has 4 heterocycles. The number of tetrazole rings is 1. The Balaban J connectivity index is 1.42. The van der Waals surface area contributed by atoms with Gasteiger partial charge in [0.05, 0.1) is 8.82 Å². The molecule has 15 heteroatoms. The van der Waals surface area contributed by atoms with Gasteiger partial charge in [-0.25, -0.2) is 14.7 Å². The number of amides is 1. The van der Waals surface area contributed by atoms with E-state index in [9.17, 15) is 19.5 Å². The van der Waals surface area contributed by atoms with E-state index in [0.29, 0.717) is 9.39 Å². The van der Waals surface area contributed by atoms with E-state index in [-0.39, 0.29) is 32.1 Å². The summed E-state index contributed by atoms with van der Waals surface area (Å²) >= 11 is 7.11. The lowest BCUT2D eigenvalue weighted by atomic mass is 9.92. The summed E-state index contributed by atoms with van der Waals surface area (Å²) in [6.45, 7) is 3.60.